The van der Waals surface area contributed by atoms with Gasteiger partial charge in [0, 0.05) is 7.37 Å². The zero-order chi connectivity index (χ0) is 27.7. The molecule has 0 aromatic rings. The van der Waals surface area contributed by atoms with Crippen molar-refractivity contribution < 1.29 is 13.9 Å². The zero-order valence-electron chi connectivity index (χ0n) is 26.4. The van der Waals surface area contributed by atoms with Crippen LogP contribution in [0.15, 0.2) is 0 Å². The van der Waals surface area contributed by atoms with Crippen LogP contribution < -0.4 is 4.89 Å². The van der Waals surface area contributed by atoms with E-state index in [-0.39, 0.29) is 0 Å². The number of quaternary nitrogens is 1. The molecule has 0 aromatic heterocycles. The van der Waals surface area contributed by atoms with Crippen LogP contribution in [0.4, 0.5) is 0 Å². The van der Waals surface area contributed by atoms with E-state index in [1.807, 2.05) is 0 Å². The molecule has 0 heterocycles. The van der Waals surface area contributed by atoms with Crippen LogP contribution in [0.1, 0.15) is 158 Å². The van der Waals surface area contributed by atoms with E-state index in [0.717, 1.165) is 37.5 Å². The standard InChI is InChI=1S/C16H36N.C16H35O2P/c1-5-9-13-17(14-10-6-2,15-11-7-3)16-12-8-4;1-15(2)11-7-5-9-13-19(17,18)14-10-6-8-12-16(3)4/h5-16H2,1-4H3;15-16H,5-14H2,1-4H3,(H,17,18)/q+1;/p-1. The lowest BCUT2D eigenvalue weighted by atomic mass is 10.1. The summed E-state index contributed by atoms with van der Waals surface area (Å²) in [7, 11) is -3.07. The summed E-state index contributed by atoms with van der Waals surface area (Å²) in [5.41, 5.74) is 0. The smallest absolute Gasteiger partial charge is 0.0786 e. The Hall–Kier alpha value is 0.150. The van der Waals surface area contributed by atoms with Crippen molar-refractivity contribution in [2.75, 3.05) is 38.5 Å². The molecule has 0 N–H and O–H groups in total. The van der Waals surface area contributed by atoms with E-state index in [1.54, 1.807) is 0 Å². The summed E-state index contributed by atoms with van der Waals surface area (Å²) in [6.45, 7) is 23.9. The van der Waals surface area contributed by atoms with Crippen LogP contribution in [0.3, 0.4) is 0 Å². The van der Waals surface area contributed by atoms with E-state index in [4.69, 9.17) is 0 Å². The molecule has 0 bridgehead atoms. The fourth-order valence-electron chi connectivity index (χ4n) is 4.92. The first kappa shape index (κ1) is 38.3. The van der Waals surface area contributed by atoms with Crippen LogP contribution in [0.2, 0.25) is 0 Å². The van der Waals surface area contributed by atoms with Crippen molar-refractivity contribution in [3.05, 3.63) is 0 Å². The molecule has 0 atom stereocenters. The third-order valence-corrected chi connectivity index (χ3v) is 9.50. The highest BCUT2D eigenvalue weighted by Gasteiger charge is 2.24. The van der Waals surface area contributed by atoms with E-state index < -0.39 is 7.37 Å². The van der Waals surface area contributed by atoms with Gasteiger partial charge in [-0.2, -0.15) is 0 Å². The topological polar surface area (TPSA) is 40.1 Å². The highest BCUT2D eigenvalue weighted by atomic mass is 31.2. The highest BCUT2D eigenvalue weighted by Crippen LogP contribution is 2.38. The molecule has 0 aliphatic heterocycles. The average Bonchev–Trinajstić information content (AvgIpc) is 2.82. The van der Waals surface area contributed by atoms with Gasteiger partial charge in [0.25, 0.3) is 0 Å². The lowest BCUT2D eigenvalue weighted by Crippen LogP contribution is -2.50. The van der Waals surface area contributed by atoms with Crippen molar-refractivity contribution in [3.63, 3.8) is 0 Å². The van der Waals surface area contributed by atoms with E-state index in [1.165, 1.54) is 108 Å². The number of rotatable bonds is 24. The molecular weight excluding hydrogens is 461 g/mol. The summed E-state index contributed by atoms with van der Waals surface area (Å²) in [6.07, 6.45) is 20.6. The normalized spacial score (nSPS) is 12.3. The summed E-state index contributed by atoms with van der Waals surface area (Å²) in [6, 6.07) is 0. The Bertz CT molecular complexity index is 433. The largest absolute Gasteiger partial charge is 0.799 e. The van der Waals surface area contributed by atoms with Crippen molar-refractivity contribution in [2.24, 2.45) is 11.8 Å². The molecule has 0 fully saturated rings. The van der Waals surface area contributed by atoms with Gasteiger partial charge < -0.3 is 13.9 Å². The zero-order valence-corrected chi connectivity index (χ0v) is 27.3. The van der Waals surface area contributed by atoms with Gasteiger partial charge in [-0.25, -0.2) is 0 Å². The first-order valence-electron chi connectivity index (χ1n) is 16.2. The molecule has 36 heavy (non-hydrogen) atoms. The second-order valence-corrected chi connectivity index (χ2v) is 14.9. The fourth-order valence-corrected chi connectivity index (χ4v) is 6.56. The van der Waals surface area contributed by atoms with Gasteiger partial charge in [0.15, 0.2) is 0 Å². The number of hydrogen-bond acceptors (Lipinski definition) is 2. The second-order valence-electron chi connectivity index (χ2n) is 12.4. The monoisotopic (exact) mass is 532 g/mol. The predicted octanol–water partition coefficient (Wildman–Crippen LogP) is 10.1. The third kappa shape index (κ3) is 25.8. The first-order chi connectivity index (χ1) is 17.1. The van der Waals surface area contributed by atoms with E-state index in [9.17, 15) is 9.46 Å². The molecule has 0 unspecified atom stereocenters. The van der Waals surface area contributed by atoms with Crippen molar-refractivity contribution in [1.29, 1.82) is 0 Å². The number of nitrogens with zero attached hydrogens (tertiary/aromatic N) is 1. The molecule has 0 saturated heterocycles. The summed E-state index contributed by atoms with van der Waals surface area (Å²) in [5, 5.41) is 0. The second kappa shape index (κ2) is 25.4. The minimum atomic E-state index is -3.07. The van der Waals surface area contributed by atoms with E-state index in [2.05, 4.69) is 55.4 Å². The molecule has 0 aliphatic rings. The molecule has 0 radical (unpaired) electrons. The summed E-state index contributed by atoms with van der Waals surface area (Å²) in [5.74, 6) is 1.47. The van der Waals surface area contributed by atoms with E-state index >= 15 is 0 Å². The third-order valence-electron chi connectivity index (χ3n) is 7.50. The molecule has 0 spiro atoms. The van der Waals surface area contributed by atoms with Crippen LogP contribution in [0.25, 0.3) is 0 Å². The SMILES string of the molecule is CC(C)CCCCCP(=O)([O-])CCCCCC(C)C.CCCC[N+](CCCC)(CCCC)CCCC. The minimum Gasteiger partial charge on any atom is -0.799 e. The molecule has 0 amide bonds. The van der Waals surface area contributed by atoms with Gasteiger partial charge >= 0.3 is 0 Å². The maximum Gasteiger partial charge on any atom is 0.0786 e. The molecule has 3 nitrogen and oxygen atoms in total. The summed E-state index contributed by atoms with van der Waals surface area (Å²) >= 11 is 0. The molecule has 0 rings (SSSR count). The van der Waals surface area contributed by atoms with Gasteiger partial charge in [0.2, 0.25) is 0 Å². The van der Waals surface area contributed by atoms with Crippen LogP contribution in [-0.2, 0) is 4.57 Å². The van der Waals surface area contributed by atoms with Gasteiger partial charge in [0.1, 0.15) is 0 Å². The Labute approximate surface area is 229 Å². The Morgan fingerprint density at radius 1 is 0.528 bits per heavy atom. The van der Waals surface area contributed by atoms with Crippen molar-refractivity contribution in [1.82, 2.24) is 0 Å². The highest BCUT2D eigenvalue weighted by molar-refractivity contribution is 7.56. The van der Waals surface area contributed by atoms with Gasteiger partial charge in [-0.15, -0.1) is 0 Å². The van der Waals surface area contributed by atoms with Gasteiger partial charge in [-0.3, -0.25) is 0 Å². The molecule has 0 saturated carbocycles. The molecule has 4 heteroatoms. The maximum atomic E-state index is 11.9. The lowest BCUT2D eigenvalue weighted by molar-refractivity contribution is -0.929. The number of unbranched alkanes of at least 4 members (excludes halogenated alkanes) is 8. The fraction of sp³-hybridized carbons (Fsp3) is 1.00. The molecule has 220 valence electrons. The minimum absolute atomic E-state index is 0.426. The Morgan fingerprint density at radius 2 is 0.833 bits per heavy atom. The van der Waals surface area contributed by atoms with Crippen molar-refractivity contribution in [2.45, 2.75) is 158 Å². The Kier molecular flexibility index (Phi) is 27.1. The molecular formula is C32H70NO2P. The maximum absolute atomic E-state index is 11.9. The molecule has 0 aliphatic carbocycles. The number of hydrogen-bond donors (Lipinski definition) is 0. The van der Waals surface area contributed by atoms with Crippen LogP contribution >= 0.6 is 7.37 Å². The van der Waals surface area contributed by atoms with Crippen LogP contribution in [0.5, 0.6) is 0 Å². The lowest BCUT2D eigenvalue weighted by Gasteiger charge is -2.39. The molecule has 0 aromatic carbocycles. The Balaban J connectivity index is 0. The van der Waals surface area contributed by atoms with Gasteiger partial charge in [0.05, 0.1) is 26.2 Å². The van der Waals surface area contributed by atoms with Gasteiger partial charge in [-0.05, 0) is 62.7 Å². The first-order valence-corrected chi connectivity index (χ1v) is 18.2. The van der Waals surface area contributed by atoms with E-state index in [0.29, 0.717) is 12.3 Å². The average molecular weight is 532 g/mol. The van der Waals surface area contributed by atoms with Crippen molar-refractivity contribution in [3.8, 4) is 0 Å². The van der Waals surface area contributed by atoms with Crippen LogP contribution in [-0.4, -0.2) is 43.0 Å². The van der Waals surface area contributed by atoms with Crippen LogP contribution in [0, 0.1) is 11.8 Å². The van der Waals surface area contributed by atoms with Gasteiger partial charge in [-0.1, -0.05) is 120 Å². The Morgan fingerprint density at radius 3 is 1.08 bits per heavy atom. The predicted molar refractivity (Wildman–Crippen MR) is 163 cm³/mol. The summed E-state index contributed by atoms with van der Waals surface area (Å²) < 4.78 is 13.3. The van der Waals surface area contributed by atoms with Crippen molar-refractivity contribution >= 4 is 7.37 Å². The quantitative estimate of drug-likeness (QED) is 0.0706. The summed E-state index contributed by atoms with van der Waals surface area (Å²) in [4.78, 5) is 11.9.